The van der Waals surface area contributed by atoms with E-state index >= 15 is 0 Å². The summed E-state index contributed by atoms with van der Waals surface area (Å²) in [6.07, 6.45) is 18.4. The summed E-state index contributed by atoms with van der Waals surface area (Å²) in [5.41, 5.74) is 3.33. The fraction of sp³-hybridized carbons (Fsp3) is 0.375. The Labute approximate surface area is 276 Å². The van der Waals surface area contributed by atoms with Gasteiger partial charge in [0.1, 0.15) is 29.8 Å². The number of hydrogen-bond acceptors (Lipinski definition) is 14. The number of hydrogen-bond donors (Lipinski definition) is 4. The molecule has 0 spiro atoms. The molecule has 2 aliphatic heterocycles. The van der Waals surface area contributed by atoms with Gasteiger partial charge in [-0.15, -0.1) is 0 Å². The van der Waals surface area contributed by atoms with Gasteiger partial charge in [-0.1, -0.05) is 0 Å². The maximum Gasteiger partial charge on any atom is 0.215 e. The van der Waals surface area contributed by atoms with Crippen molar-refractivity contribution in [1.29, 1.82) is 0 Å². The van der Waals surface area contributed by atoms with E-state index in [4.69, 9.17) is 9.47 Å². The Kier molecular flexibility index (Phi) is 9.42. The van der Waals surface area contributed by atoms with Gasteiger partial charge in [-0.3, -0.25) is 19.1 Å². The van der Waals surface area contributed by atoms with Crippen LogP contribution in [0.4, 0.5) is 11.6 Å². The van der Waals surface area contributed by atoms with Crippen LogP contribution in [-0.2, 0) is 0 Å². The molecule has 6 aromatic heterocycles. The third-order valence-electron chi connectivity index (χ3n) is 8.27. The summed E-state index contributed by atoms with van der Waals surface area (Å²) in [5, 5.41) is 13.7. The lowest BCUT2D eigenvalue weighted by Gasteiger charge is -2.24. The van der Waals surface area contributed by atoms with E-state index in [1.807, 2.05) is 15.2 Å². The number of nitrogens with zero attached hydrogens (tertiary/aromatic N) is 10. The van der Waals surface area contributed by atoms with Gasteiger partial charge in [0.25, 0.3) is 0 Å². The third-order valence-corrected chi connectivity index (χ3v) is 8.27. The largest absolute Gasteiger partial charge is 0.481 e. The van der Waals surface area contributed by atoms with Crippen LogP contribution in [0.15, 0.2) is 62.0 Å². The maximum atomic E-state index is 5.20. The molecule has 0 amide bonds. The van der Waals surface area contributed by atoms with Crippen LogP contribution in [0.2, 0.25) is 0 Å². The Morgan fingerprint density at radius 2 is 1.21 bits per heavy atom. The molecule has 2 aliphatic rings. The van der Waals surface area contributed by atoms with Crippen molar-refractivity contribution in [3.8, 4) is 23.4 Å². The smallest absolute Gasteiger partial charge is 0.215 e. The van der Waals surface area contributed by atoms with Crippen molar-refractivity contribution in [2.45, 2.75) is 37.8 Å². The Morgan fingerprint density at radius 1 is 0.646 bits per heavy atom. The summed E-state index contributed by atoms with van der Waals surface area (Å²) < 4.78 is 14.1. The minimum atomic E-state index is 0.382. The molecule has 0 aliphatic carbocycles. The van der Waals surface area contributed by atoms with Gasteiger partial charge in [-0.25, -0.2) is 29.9 Å². The van der Waals surface area contributed by atoms with Crippen LogP contribution in [0, 0.1) is 0 Å². The molecule has 8 rings (SSSR count). The maximum absolute atomic E-state index is 5.20. The molecule has 0 saturated carbocycles. The monoisotopic (exact) mass is 650 g/mol. The zero-order chi connectivity index (χ0) is 32.7. The van der Waals surface area contributed by atoms with Crippen molar-refractivity contribution in [3.63, 3.8) is 0 Å². The molecule has 8 heterocycles. The number of piperidine rings is 2. The van der Waals surface area contributed by atoms with Crippen molar-refractivity contribution >= 4 is 33.7 Å². The molecule has 6 aromatic rings. The molecule has 0 aromatic carbocycles. The van der Waals surface area contributed by atoms with Gasteiger partial charge in [-0.05, 0) is 38.8 Å². The van der Waals surface area contributed by atoms with E-state index in [2.05, 4.69) is 61.1 Å². The zero-order valence-electron chi connectivity index (χ0n) is 26.9. The number of ether oxygens (including phenoxy) is 2. The van der Waals surface area contributed by atoms with Gasteiger partial charge in [-0.2, -0.15) is 0 Å². The first kappa shape index (κ1) is 31.1. The topological polar surface area (TPSA) is 180 Å². The van der Waals surface area contributed by atoms with Crippen molar-refractivity contribution < 1.29 is 9.47 Å². The lowest BCUT2D eigenvalue weighted by atomic mass is 10.1. The van der Waals surface area contributed by atoms with E-state index in [1.165, 1.54) is 12.8 Å². The molecule has 0 unspecified atom stereocenters. The lowest BCUT2D eigenvalue weighted by molar-refractivity contribution is 0.398. The molecule has 2 fully saturated rings. The number of nitrogens with one attached hydrogen (secondary N) is 4. The highest BCUT2D eigenvalue weighted by atomic mass is 16.5. The summed E-state index contributed by atoms with van der Waals surface area (Å²) in [6, 6.07) is 4.41. The van der Waals surface area contributed by atoms with E-state index in [0.29, 0.717) is 35.5 Å². The van der Waals surface area contributed by atoms with Crippen molar-refractivity contribution in [3.05, 3.63) is 62.0 Å². The van der Waals surface area contributed by atoms with Gasteiger partial charge >= 0.3 is 0 Å². The SMILES string of the molecule is COc1cc2c(cn1)ncn2-c1cncc(N[C@@H]2CCCNC2)n1.COc1cc2ncn(-c3cncc(N[C@@H]4CCCNC4)n3)c2cn1. The quantitative estimate of drug-likeness (QED) is 0.189. The molecule has 2 saturated heterocycles. The molecular formula is C32H38N14O2. The van der Waals surface area contributed by atoms with Crippen molar-refractivity contribution in [2.75, 3.05) is 51.0 Å². The molecule has 16 heteroatoms. The van der Waals surface area contributed by atoms with Crippen LogP contribution >= 0.6 is 0 Å². The number of aromatic nitrogens is 10. The second-order valence-corrected chi connectivity index (χ2v) is 11.6. The van der Waals surface area contributed by atoms with E-state index < -0.39 is 0 Å². The van der Waals surface area contributed by atoms with E-state index in [-0.39, 0.29) is 0 Å². The normalized spacial score (nSPS) is 17.8. The minimum absolute atomic E-state index is 0.382. The predicted molar refractivity (Wildman–Crippen MR) is 181 cm³/mol. The number of imidazole rings is 2. The van der Waals surface area contributed by atoms with Crippen LogP contribution < -0.4 is 30.7 Å². The van der Waals surface area contributed by atoms with Gasteiger partial charge in [0, 0.05) is 37.3 Å². The number of anilines is 2. The number of rotatable bonds is 8. The Bertz CT molecular complexity index is 1970. The highest BCUT2D eigenvalue weighted by Gasteiger charge is 2.16. The molecule has 48 heavy (non-hydrogen) atoms. The van der Waals surface area contributed by atoms with E-state index in [0.717, 1.165) is 72.7 Å². The van der Waals surface area contributed by atoms with Crippen LogP contribution in [0.5, 0.6) is 11.8 Å². The summed E-state index contributed by atoms with van der Waals surface area (Å²) >= 11 is 0. The number of methoxy groups -OCH3 is 2. The summed E-state index contributed by atoms with van der Waals surface area (Å²) in [4.78, 5) is 35.1. The van der Waals surface area contributed by atoms with Crippen molar-refractivity contribution in [1.82, 2.24) is 59.6 Å². The molecule has 4 N–H and O–H groups in total. The Morgan fingerprint density at radius 3 is 1.79 bits per heavy atom. The first-order valence-corrected chi connectivity index (χ1v) is 16.0. The number of pyridine rings is 2. The highest BCUT2D eigenvalue weighted by molar-refractivity contribution is 5.77. The number of fused-ring (bicyclic) bond motifs is 2. The van der Waals surface area contributed by atoms with E-state index in [1.54, 1.807) is 70.1 Å². The second kappa shape index (κ2) is 14.5. The fourth-order valence-corrected chi connectivity index (χ4v) is 5.82. The molecule has 248 valence electrons. The van der Waals surface area contributed by atoms with Crippen LogP contribution in [0.3, 0.4) is 0 Å². The first-order chi connectivity index (χ1) is 23.7. The van der Waals surface area contributed by atoms with Gasteiger partial charge in [0.05, 0.1) is 68.0 Å². The molecular weight excluding hydrogens is 612 g/mol. The van der Waals surface area contributed by atoms with Gasteiger partial charge < -0.3 is 30.7 Å². The Balaban J connectivity index is 0.000000152. The first-order valence-electron chi connectivity index (χ1n) is 16.0. The van der Waals surface area contributed by atoms with Gasteiger partial charge in [0.2, 0.25) is 11.8 Å². The molecule has 2 atom stereocenters. The average Bonchev–Trinajstić information content (AvgIpc) is 3.77. The summed E-state index contributed by atoms with van der Waals surface area (Å²) in [5.74, 6) is 4.03. The van der Waals surface area contributed by atoms with Crippen LogP contribution in [0.1, 0.15) is 25.7 Å². The standard InChI is InChI=1S/2C16H19N7O/c1-24-16-5-13-12(7-19-16)20-10-23(13)15-9-18-8-14(22-15)21-11-3-2-4-17-6-11;1-24-16-5-12-13(7-19-16)23(10-20-12)15-9-18-8-14(22-15)21-11-3-2-4-17-6-11/h2*5,7-11,17H,2-4,6H2,1H3,(H,21,22)/t2*11-/m11/s1. The molecule has 16 nitrogen and oxygen atoms in total. The average molecular weight is 651 g/mol. The van der Waals surface area contributed by atoms with Gasteiger partial charge in [0.15, 0.2) is 11.6 Å². The fourth-order valence-electron chi connectivity index (χ4n) is 5.82. The zero-order valence-corrected chi connectivity index (χ0v) is 26.9. The Hall–Kier alpha value is -5.48. The van der Waals surface area contributed by atoms with Crippen molar-refractivity contribution in [2.24, 2.45) is 0 Å². The summed E-state index contributed by atoms with van der Waals surface area (Å²) in [6.45, 7) is 4.06. The third kappa shape index (κ3) is 7.08. The second-order valence-electron chi connectivity index (χ2n) is 11.6. The highest BCUT2D eigenvalue weighted by Crippen LogP contribution is 2.22. The predicted octanol–water partition coefficient (Wildman–Crippen LogP) is 2.77. The molecule has 0 bridgehead atoms. The van der Waals surface area contributed by atoms with Crippen LogP contribution in [0.25, 0.3) is 33.7 Å². The van der Waals surface area contributed by atoms with Crippen LogP contribution in [-0.4, -0.2) is 101 Å². The molecule has 0 radical (unpaired) electrons. The van der Waals surface area contributed by atoms with E-state index in [9.17, 15) is 0 Å². The summed E-state index contributed by atoms with van der Waals surface area (Å²) in [7, 11) is 3.18. The minimum Gasteiger partial charge on any atom is -0.481 e. The lowest BCUT2D eigenvalue weighted by Crippen LogP contribution is -2.38.